The number of nitrogens with zero attached hydrogens (tertiary/aromatic N) is 3. The van der Waals surface area contributed by atoms with Crippen molar-refractivity contribution in [1.82, 2.24) is 5.43 Å². The maximum absolute atomic E-state index is 13.2. The Kier molecular flexibility index (Phi) is 7.41. The summed E-state index contributed by atoms with van der Waals surface area (Å²) in [5.41, 5.74) is 3.43. The first-order valence-corrected chi connectivity index (χ1v) is 11.4. The van der Waals surface area contributed by atoms with Crippen molar-refractivity contribution in [3.05, 3.63) is 99.6 Å². The zero-order valence-corrected chi connectivity index (χ0v) is 19.0. The van der Waals surface area contributed by atoms with E-state index in [4.69, 9.17) is 11.6 Å². The second-order valence-corrected chi connectivity index (χ2v) is 9.14. The number of anilines is 1. The minimum Gasteiger partial charge on any atom is -0.271 e. The van der Waals surface area contributed by atoms with Gasteiger partial charge in [-0.15, -0.1) is 0 Å². The van der Waals surface area contributed by atoms with E-state index >= 15 is 0 Å². The minimum absolute atomic E-state index is 0.0170. The highest BCUT2D eigenvalue weighted by molar-refractivity contribution is 7.92. The fraction of sp³-hybridized carbons (Fsp3) is 0.0909. The third-order valence-electron chi connectivity index (χ3n) is 4.56. The molecule has 1 N–H and O–H groups in total. The lowest BCUT2D eigenvalue weighted by atomic mass is 10.1. The summed E-state index contributed by atoms with van der Waals surface area (Å²) in [7, 11) is -4.07. The van der Waals surface area contributed by atoms with Crippen molar-refractivity contribution >= 4 is 44.6 Å². The Bertz CT molecular complexity index is 1300. The van der Waals surface area contributed by atoms with Gasteiger partial charge in [-0.05, 0) is 55.0 Å². The van der Waals surface area contributed by atoms with E-state index in [1.165, 1.54) is 48.5 Å². The lowest BCUT2D eigenvalue weighted by Gasteiger charge is -2.23. The molecule has 3 aromatic carbocycles. The predicted molar refractivity (Wildman–Crippen MR) is 126 cm³/mol. The fourth-order valence-electron chi connectivity index (χ4n) is 2.87. The molecule has 0 aromatic heterocycles. The Hall–Kier alpha value is -3.76. The Labute approximate surface area is 195 Å². The molecule has 3 rings (SSSR count). The van der Waals surface area contributed by atoms with Gasteiger partial charge in [-0.25, -0.2) is 13.8 Å². The van der Waals surface area contributed by atoms with E-state index < -0.39 is 27.4 Å². The number of hydrogen-bond acceptors (Lipinski definition) is 6. The Morgan fingerprint density at radius 3 is 2.33 bits per heavy atom. The van der Waals surface area contributed by atoms with Crippen LogP contribution < -0.4 is 9.73 Å². The molecule has 0 atom stereocenters. The molecule has 0 aliphatic carbocycles. The van der Waals surface area contributed by atoms with Crippen LogP contribution in [0.1, 0.15) is 12.5 Å². The largest absolute Gasteiger partial charge is 0.271 e. The van der Waals surface area contributed by atoms with Gasteiger partial charge in [-0.2, -0.15) is 5.10 Å². The van der Waals surface area contributed by atoms with Gasteiger partial charge in [0.1, 0.15) is 6.54 Å². The molecule has 0 aliphatic rings. The van der Waals surface area contributed by atoms with Gasteiger partial charge in [0.25, 0.3) is 21.6 Å². The van der Waals surface area contributed by atoms with Crippen molar-refractivity contribution in [2.24, 2.45) is 5.10 Å². The number of carbonyl (C=O) groups excluding carboxylic acids is 1. The maximum Gasteiger partial charge on any atom is 0.269 e. The van der Waals surface area contributed by atoms with Crippen molar-refractivity contribution < 1.29 is 18.1 Å². The monoisotopic (exact) mass is 486 g/mol. The molecule has 0 saturated carbocycles. The molecule has 0 saturated heterocycles. The Morgan fingerprint density at radius 1 is 1.06 bits per heavy atom. The quantitative estimate of drug-likeness (QED) is 0.293. The maximum atomic E-state index is 13.2. The standard InChI is InChI=1S/C22H19ClN4O5S/c1-16(17-10-12-19(13-11-17)27(29)30)24-25-22(28)15-26(20-7-5-6-18(23)14-20)33(31,32)21-8-3-2-4-9-21/h2-14H,15H2,1H3,(H,25,28)/b24-16-. The van der Waals surface area contributed by atoms with Gasteiger partial charge in [0.15, 0.2) is 0 Å². The fourth-order valence-corrected chi connectivity index (χ4v) is 4.49. The molecule has 0 spiro atoms. The van der Waals surface area contributed by atoms with Crippen LogP contribution in [0.4, 0.5) is 11.4 Å². The van der Waals surface area contributed by atoms with Crippen LogP contribution in [0, 0.1) is 10.1 Å². The van der Waals surface area contributed by atoms with Crippen molar-refractivity contribution in [3.63, 3.8) is 0 Å². The molecule has 1 amide bonds. The first kappa shape index (κ1) is 23.9. The zero-order valence-electron chi connectivity index (χ0n) is 17.4. The Balaban J connectivity index is 1.83. The first-order valence-electron chi connectivity index (χ1n) is 9.60. The highest BCUT2D eigenvalue weighted by atomic mass is 35.5. The first-order chi connectivity index (χ1) is 15.7. The molecule has 11 heteroatoms. The summed E-state index contributed by atoms with van der Waals surface area (Å²) in [6, 6.07) is 19.5. The number of nitro benzene ring substituents is 1. The molecule has 9 nitrogen and oxygen atoms in total. The number of benzene rings is 3. The summed E-state index contributed by atoms with van der Waals surface area (Å²) in [5, 5.41) is 15.1. The summed E-state index contributed by atoms with van der Waals surface area (Å²) >= 11 is 6.04. The number of non-ortho nitro benzene ring substituents is 1. The van der Waals surface area contributed by atoms with E-state index in [2.05, 4.69) is 10.5 Å². The summed E-state index contributed by atoms with van der Waals surface area (Å²) in [4.78, 5) is 22.9. The normalized spacial score (nSPS) is 11.6. The summed E-state index contributed by atoms with van der Waals surface area (Å²) in [5.74, 6) is -0.684. The Morgan fingerprint density at radius 2 is 1.73 bits per heavy atom. The van der Waals surface area contributed by atoms with E-state index in [9.17, 15) is 23.3 Å². The molecule has 0 aliphatic heterocycles. The molecular formula is C22H19ClN4O5S. The second-order valence-electron chi connectivity index (χ2n) is 6.84. The van der Waals surface area contributed by atoms with Gasteiger partial charge in [0, 0.05) is 17.2 Å². The molecule has 3 aromatic rings. The van der Waals surface area contributed by atoms with E-state index in [0.29, 0.717) is 16.3 Å². The van der Waals surface area contributed by atoms with Crippen LogP contribution in [0.5, 0.6) is 0 Å². The van der Waals surface area contributed by atoms with Gasteiger partial charge < -0.3 is 0 Å². The number of rotatable bonds is 8. The number of nitro groups is 1. The molecule has 170 valence electrons. The minimum atomic E-state index is -4.07. The number of sulfonamides is 1. The summed E-state index contributed by atoms with van der Waals surface area (Å²) in [6.07, 6.45) is 0. The highest BCUT2D eigenvalue weighted by Gasteiger charge is 2.27. The number of hydrazone groups is 1. The molecule has 0 unspecified atom stereocenters. The highest BCUT2D eigenvalue weighted by Crippen LogP contribution is 2.26. The van der Waals surface area contributed by atoms with E-state index in [1.807, 2.05) is 0 Å². The van der Waals surface area contributed by atoms with Crippen LogP contribution >= 0.6 is 11.6 Å². The molecule has 33 heavy (non-hydrogen) atoms. The van der Waals surface area contributed by atoms with Crippen molar-refractivity contribution in [2.45, 2.75) is 11.8 Å². The van der Waals surface area contributed by atoms with Crippen molar-refractivity contribution in [3.8, 4) is 0 Å². The SMILES string of the molecule is C/C(=N/NC(=O)CN(c1cccc(Cl)c1)S(=O)(=O)c1ccccc1)c1ccc([N+](=O)[O-])cc1. The average molecular weight is 487 g/mol. The molecule has 0 radical (unpaired) electrons. The molecule has 0 heterocycles. The smallest absolute Gasteiger partial charge is 0.269 e. The third kappa shape index (κ3) is 5.93. The van der Waals surface area contributed by atoms with Crippen LogP contribution in [0.15, 0.2) is 88.9 Å². The van der Waals surface area contributed by atoms with Crippen LogP contribution in [-0.2, 0) is 14.8 Å². The topological polar surface area (TPSA) is 122 Å². The van der Waals surface area contributed by atoms with Crippen molar-refractivity contribution in [1.29, 1.82) is 0 Å². The number of hydrogen-bond donors (Lipinski definition) is 1. The van der Waals surface area contributed by atoms with Gasteiger partial charge in [0.2, 0.25) is 0 Å². The predicted octanol–water partition coefficient (Wildman–Crippen LogP) is 3.98. The molecular weight excluding hydrogens is 468 g/mol. The van der Waals surface area contributed by atoms with Crippen LogP contribution in [0.3, 0.4) is 0 Å². The van der Waals surface area contributed by atoms with Crippen molar-refractivity contribution in [2.75, 3.05) is 10.8 Å². The average Bonchev–Trinajstić information content (AvgIpc) is 2.81. The van der Waals surface area contributed by atoms with Gasteiger partial charge >= 0.3 is 0 Å². The third-order valence-corrected chi connectivity index (χ3v) is 6.58. The van der Waals surface area contributed by atoms with Gasteiger partial charge in [0.05, 0.1) is 21.2 Å². The number of amides is 1. The van der Waals surface area contributed by atoms with Gasteiger partial charge in [-0.1, -0.05) is 35.9 Å². The van der Waals surface area contributed by atoms with E-state index in [0.717, 1.165) is 4.31 Å². The van der Waals surface area contributed by atoms with Crippen LogP contribution in [-0.4, -0.2) is 31.5 Å². The number of nitrogens with one attached hydrogen (secondary N) is 1. The van der Waals surface area contributed by atoms with Gasteiger partial charge in [-0.3, -0.25) is 19.2 Å². The number of carbonyl (C=O) groups is 1. The van der Waals surface area contributed by atoms with Crippen LogP contribution in [0.25, 0.3) is 0 Å². The molecule has 0 bridgehead atoms. The summed E-state index contributed by atoms with van der Waals surface area (Å²) < 4.78 is 27.4. The number of halogens is 1. The zero-order chi connectivity index (χ0) is 24.0. The van der Waals surface area contributed by atoms with Crippen LogP contribution in [0.2, 0.25) is 5.02 Å². The van der Waals surface area contributed by atoms with E-state index in [1.54, 1.807) is 37.3 Å². The second kappa shape index (κ2) is 10.2. The van der Waals surface area contributed by atoms with E-state index in [-0.39, 0.29) is 16.3 Å². The summed E-state index contributed by atoms with van der Waals surface area (Å²) in [6.45, 7) is 1.06. The lowest BCUT2D eigenvalue weighted by Crippen LogP contribution is -2.39. The lowest BCUT2D eigenvalue weighted by molar-refractivity contribution is -0.384. The molecule has 0 fully saturated rings.